The highest BCUT2D eigenvalue weighted by atomic mass is 16.6. The van der Waals surface area contributed by atoms with E-state index in [4.69, 9.17) is 4.74 Å². The van der Waals surface area contributed by atoms with Crippen LogP contribution in [0.4, 0.5) is 0 Å². The molecule has 0 bridgehead atoms. The van der Waals surface area contributed by atoms with Gasteiger partial charge in [0.15, 0.2) is 0 Å². The molecule has 1 heterocycles. The number of aromatic amines is 1. The molecule has 0 atom stereocenters. The minimum atomic E-state index is -0.313. The number of rotatable bonds is 4. The number of hydrogen-bond acceptors (Lipinski definition) is 3. The second kappa shape index (κ2) is 4.22. The van der Waals surface area contributed by atoms with Gasteiger partial charge in [0.05, 0.1) is 13.5 Å². The van der Waals surface area contributed by atoms with Crippen LogP contribution < -0.4 is 4.74 Å². The van der Waals surface area contributed by atoms with Gasteiger partial charge in [-0.25, -0.2) is 0 Å². The fraction of sp³-hybridized carbons (Fsp3) is 0.273. The van der Waals surface area contributed by atoms with Crippen molar-refractivity contribution >= 4 is 10.9 Å². The highest BCUT2D eigenvalue weighted by Crippen LogP contribution is 2.21. The summed E-state index contributed by atoms with van der Waals surface area (Å²) in [5.74, 6) is 0.773. The molecule has 2 rings (SSSR count). The molecule has 0 saturated heterocycles. The van der Waals surface area contributed by atoms with Crippen LogP contribution in [-0.2, 0) is 6.42 Å². The van der Waals surface area contributed by atoms with Crippen LogP contribution in [0.25, 0.3) is 10.9 Å². The number of nitro groups is 1. The van der Waals surface area contributed by atoms with E-state index in [1.54, 1.807) is 7.11 Å². The topological polar surface area (TPSA) is 68.2 Å². The van der Waals surface area contributed by atoms with E-state index in [0.29, 0.717) is 6.42 Å². The average molecular weight is 220 g/mol. The van der Waals surface area contributed by atoms with Gasteiger partial charge in [-0.05, 0) is 23.6 Å². The second-order valence-electron chi connectivity index (χ2n) is 3.55. The predicted octanol–water partition coefficient (Wildman–Crippen LogP) is 2.00. The lowest BCUT2D eigenvalue weighted by Crippen LogP contribution is -2.03. The Morgan fingerprint density at radius 3 is 2.94 bits per heavy atom. The van der Waals surface area contributed by atoms with Gasteiger partial charge in [0, 0.05) is 22.2 Å². The van der Waals surface area contributed by atoms with Crippen LogP contribution in [0.1, 0.15) is 5.69 Å². The van der Waals surface area contributed by atoms with E-state index < -0.39 is 0 Å². The number of hydrogen-bond donors (Lipinski definition) is 1. The highest BCUT2D eigenvalue weighted by molar-refractivity contribution is 5.81. The smallest absolute Gasteiger partial charge is 0.209 e. The fourth-order valence-corrected chi connectivity index (χ4v) is 1.64. The van der Waals surface area contributed by atoms with Crippen molar-refractivity contribution in [2.24, 2.45) is 0 Å². The zero-order valence-electron chi connectivity index (χ0n) is 8.90. The van der Waals surface area contributed by atoms with E-state index in [9.17, 15) is 10.1 Å². The largest absolute Gasteiger partial charge is 0.497 e. The van der Waals surface area contributed by atoms with Crippen molar-refractivity contribution in [1.82, 2.24) is 4.98 Å². The lowest BCUT2D eigenvalue weighted by atomic mass is 10.2. The van der Waals surface area contributed by atoms with Crippen molar-refractivity contribution in [1.29, 1.82) is 0 Å². The average Bonchev–Trinajstić information content (AvgIpc) is 2.67. The van der Waals surface area contributed by atoms with Gasteiger partial charge in [-0.2, -0.15) is 0 Å². The number of fused-ring (bicyclic) bond motifs is 1. The first-order chi connectivity index (χ1) is 7.69. The molecule has 0 amide bonds. The van der Waals surface area contributed by atoms with Crippen LogP contribution in [0.15, 0.2) is 24.3 Å². The molecule has 5 heteroatoms. The van der Waals surface area contributed by atoms with Gasteiger partial charge in [-0.15, -0.1) is 0 Å². The molecule has 16 heavy (non-hydrogen) atoms. The van der Waals surface area contributed by atoms with Crippen LogP contribution >= 0.6 is 0 Å². The van der Waals surface area contributed by atoms with Crippen molar-refractivity contribution in [2.45, 2.75) is 6.42 Å². The summed E-state index contributed by atoms with van der Waals surface area (Å²) in [5.41, 5.74) is 1.82. The van der Waals surface area contributed by atoms with Crippen LogP contribution in [0.3, 0.4) is 0 Å². The summed E-state index contributed by atoms with van der Waals surface area (Å²) in [6.45, 7) is -0.0516. The van der Waals surface area contributed by atoms with Crippen molar-refractivity contribution in [3.8, 4) is 5.75 Å². The maximum atomic E-state index is 10.3. The van der Waals surface area contributed by atoms with Crippen LogP contribution in [0, 0.1) is 10.1 Å². The minimum Gasteiger partial charge on any atom is -0.497 e. The van der Waals surface area contributed by atoms with E-state index in [1.165, 1.54) is 0 Å². The van der Waals surface area contributed by atoms with Gasteiger partial charge >= 0.3 is 0 Å². The SMILES string of the molecule is COc1ccc2cc(CC[N+](=O)[O-])[nH]c2c1. The number of H-pyrrole nitrogens is 1. The standard InChI is InChI=1S/C11H12N2O3/c1-16-10-3-2-8-6-9(4-5-13(14)15)12-11(8)7-10/h2-3,6-7,12H,4-5H2,1H3. The molecule has 1 aromatic heterocycles. The molecule has 0 radical (unpaired) electrons. The number of aromatic nitrogens is 1. The van der Waals surface area contributed by atoms with E-state index in [-0.39, 0.29) is 11.5 Å². The molecule has 5 nitrogen and oxygen atoms in total. The number of nitrogens with zero attached hydrogens (tertiary/aromatic N) is 1. The van der Waals surface area contributed by atoms with Crippen molar-refractivity contribution in [3.63, 3.8) is 0 Å². The third kappa shape index (κ3) is 2.13. The first-order valence-electron chi connectivity index (χ1n) is 4.96. The molecule has 2 aromatic rings. The predicted molar refractivity (Wildman–Crippen MR) is 60.4 cm³/mol. The summed E-state index contributed by atoms with van der Waals surface area (Å²) in [7, 11) is 1.61. The van der Waals surface area contributed by atoms with Gasteiger partial charge in [-0.3, -0.25) is 10.1 Å². The van der Waals surface area contributed by atoms with Crippen molar-refractivity contribution in [3.05, 3.63) is 40.1 Å². The van der Waals surface area contributed by atoms with Crippen LogP contribution in [0.2, 0.25) is 0 Å². The van der Waals surface area contributed by atoms with Crippen LogP contribution in [-0.4, -0.2) is 23.6 Å². The van der Waals surface area contributed by atoms with E-state index in [0.717, 1.165) is 22.3 Å². The number of benzene rings is 1. The van der Waals surface area contributed by atoms with Gasteiger partial charge in [-0.1, -0.05) is 0 Å². The van der Waals surface area contributed by atoms with Crippen LogP contribution in [0.5, 0.6) is 5.75 Å². The molecular weight excluding hydrogens is 208 g/mol. The fourth-order valence-electron chi connectivity index (χ4n) is 1.64. The van der Waals surface area contributed by atoms with Gasteiger partial charge in [0.25, 0.3) is 0 Å². The third-order valence-electron chi connectivity index (χ3n) is 2.45. The second-order valence-corrected chi connectivity index (χ2v) is 3.55. The zero-order valence-corrected chi connectivity index (χ0v) is 8.90. The highest BCUT2D eigenvalue weighted by Gasteiger charge is 2.05. The Hall–Kier alpha value is -2.04. The quantitative estimate of drug-likeness (QED) is 0.632. The summed E-state index contributed by atoms with van der Waals surface area (Å²) < 4.78 is 5.10. The summed E-state index contributed by atoms with van der Waals surface area (Å²) in [4.78, 5) is 13.1. The number of nitrogens with one attached hydrogen (secondary N) is 1. The first-order valence-corrected chi connectivity index (χ1v) is 4.96. The molecule has 84 valence electrons. The first kappa shape index (κ1) is 10.5. The lowest BCUT2D eigenvalue weighted by molar-refractivity contribution is -0.479. The van der Waals surface area contributed by atoms with Gasteiger partial charge in [0.1, 0.15) is 5.75 Å². The minimum absolute atomic E-state index is 0.0516. The Labute approximate surface area is 92.2 Å². The Morgan fingerprint density at radius 2 is 2.25 bits per heavy atom. The lowest BCUT2D eigenvalue weighted by Gasteiger charge is -1.97. The Bertz CT molecular complexity index is 519. The normalized spacial score (nSPS) is 10.6. The molecular formula is C11H12N2O3. The summed E-state index contributed by atoms with van der Waals surface area (Å²) in [5, 5.41) is 11.3. The molecule has 0 unspecified atom stereocenters. The molecule has 0 aliphatic rings. The van der Waals surface area contributed by atoms with E-state index in [2.05, 4.69) is 4.98 Å². The summed E-state index contributed by atoms with van der Waals surface area (Å²) >= 11 is 0. The molecule has 1 N–H and O–H groups in total. The monoisotopic (exact) mass is 220 g/mol. The molecule has 0 spiro atoms. The maximum absolute atomic E-state index is 10.3. The third-order valence-corrected chi connectivity index (χ3v) is 2.45. The zero-order chi connectivity index (χ0) is 11.5. The van der Waals surface area contributed by atoms with E-state index in [1.807, 2.05) is 24.3 Å². The number of ether oxygens (including phenoxy) is 1. The summed E-state index contributed by atoms with van der Waals surface area (Å²) in [6, 6.07) is 7.61. The van der Waals surface area contributed by atoms with Gasteiger partial charge in [0.2, 0.25) is 6.54 Å². The Kier molecular flexibility index (Phi) is 2.76. The Morgan fingerprint density at radius 1 is 1.44 bits per heavy atom. The van der Waals surface area contributed by atoms with Crippen molar-refractivity contribution < 1.29 is 9.66 Å². The van der Waals surface area contributed by atoms with E-state index >= 15 is 0 Å². The molecule has 1 aromatic carbocycles. The summed E-state index contributed by atoms with van der Waals surface area (Å²) in [6.07, 6.45) is 0.421. The molecule has 0 saturated carbocycles. The van der Waals surface area contributed by atoms with Crippen molar-refractivity contribution in [2.75, 3.05) is 13.7 Å². The molecule has 0 fully saturated rings. The molecule has 0 aliphatic carbocycles. The number of methoxy groups -OCH3 is 1. The molecule has 0 aliphatic heterocycles. The van der Waals surface area contributed by atoms with Gasteiger partial charge < -0.3 is 9.72 Å². The Balaban J connectivity index is 2.25. The maximum Gasteiger partial charge on any atom is 0.209 e.